The van der Waals surface area contributed by atoms with Gasteiger partial charge < -0.3 is 39.9 Å². The molecule has 5 aromatic rings. The molecular formula is C46H53ClN8O6. The lowest BCUT2D eigenvalue weighted by Gasteiger charge is -2.35. The second kappa shape index (κ2) is 15.1. The lowest BCUT2D eigenvalue weighted by atomic mass is 9.99. The van der Waals surface area contributed by atoms with Gasteiger partial charge in [-0.15, -0.1) is 0 Å². The molecule has 9 atom stereocenters. The van der Waals surface area contributed by atoms with Crippen LogP contribution in [-0.4, -0.2) is 91.6 Å². The number of nitrogens with zero attached hydrogens (tertiary/aromatic N) is 4. The third-order valence-corrected chi connectivity index (χ3v) is 14.2. The number of hydrogen-bond acceptors (Lipinski definition) is 8. The van der Waals surface area contributed by atoms with Crippen LogP contribution in [0.15, 0.2) is 54.6 Å². The first-order valence-corrected chi connectivity index (χ1v) is 21.6. The summed E-state index contributed by atoms with van der Waals surface area (Å²) in [7, 11) is 2.60. The molecule has 4 heterocycles. The van der Waals surface area contributed by atoms with Gasteiger partial charge in [-0.1, -0.05) is 88.7 Å². The first kappa shape index (κ1) is 40.8. The Labute approximate surface area is 359 Å². The molecule has 320 valence electrons. The summed E-state index contributed by atoms with van der Waals surface area (Å²) in [6.45, 7) is 11.9. The number of methoxy groups -OCH3 is 2. The number of fused-ring (bicyclic) bond motifs is 5. The number of alkyl carbamates (subject to hydrolysis) is 2. The summed E-state index contributed by atoms with van der Waals surface area (Å²) in [4.78, 5) is 73.3. The van der Waals surface area contributed by atoms with E-state index in [1.807, 2.05) is 55.7 Å². The first-order chi connectivity index (χ1) is 29.1. The maximum Gasteiger partial charge on any atom is 0.407 e. The SMILES string of the molecule is COC(=O)N[C@H](C(=O)N1[C@@H]2[C@H](C)[C@@H]2C[C@H]1c1nc(-c2ccc(-c3ccc4c(ccc5[nH]c([C@@H]6C[C@@H]7C[C@]7(C)N6C(=O)[C@@H](NC(=O)OC)C(C)C)nc54)c3)cc2)c(Cl)[nH]1)C(C)C. The molecule has 2 aliphatic carbocycles. The molecule has 0 radical (unpaired) electrons. The van der Waals surface area contributed by atoms with E-state index < -0.39 is 24.3 Å². The molecular weight excluding hydrogens is 796 g/mol. The molecule has 2 aromatic heterocycles. The van der Waals surface area contributed by atoms with Crippen molar-refractivity contribution in [2.45, 2.75) is 96.6 Å². The van der Waals surface area contributed by atoms with Crippen molar-refractivity contribution in [3.8, 4) is 22.4 Å². The Hall–Kier alpha value is -5.63. The number of carbonyl (C=O) groups excluding carboxylic acids is 4. The number of likely N-dealkylation sites (tertiary alicyclic amines) is 2. The molecule has 14 nitrogen and oxygen atoms in total. The third-order valence-electron chi connectivity index (χ3n) is 14.0. The summed E-state index contributed by atoms with van der Waals surface area (Å²) in [5.74, 6) is 1.97. The van der Waals surface area contributed by atoms with E-state index >= 15 is 0 Å². The largest absolute Gasteiger partial charge is 0.453 e. The lowest BCUT2D eigenvalue weighted by Crippen LogP contribution is -2.54. The monoisotopic (exact) mass is 848 g/mol. The van der Waals surface area contributed by atoms with Crippen molar-refractivity contribution in [2.75, 3.05) is 14.2 Å². The van der Waals surface area contributed by atoms with Gasteiger partial charge in [-0.3, -0.25) is 9.59 Å². The van der Waals surface area contributed by atoms with Gasteiger partial charge in [-0.25, -0.2) is 19.6 Å². The van der Waals surface area contributed by atoms with Crippen molar-refractivity contribution in [2.24, 2.45) is 29.6 Å². The Morgan fingerprint density at radius 1 is 0.803 bits per heavy atom. The number of nitrogens with one attached hydrogen (secondary N) is 4. The summed E-state index contributed by atoms with van der Waals surface area (Å²) in [6, 6.07) is 16.7. The van der Waals surface area contributed by atoms with E-state index in [-0.39, 0.29) is 47.3 Å². The maximum absolute atomic E-state index is 14.1. The van der Waals surface area contributed by atoms with E-state index in [0.29, 0.717) is 34.4 Å². The number of imidazole rings is 2. The van der Waals surface area contributed by atoms with Crippen molar-refractivity contribution in [1.82, 2.24) is 40.4 Å². The molecule has 3 aromatic carbocycles. The number of benzene rings is 3. The highest BCUT2D eigenvalue weighted by Gasteiger charge is 2.65. The van der Waals surface area contributed by atoms with E-state index in [1.54, 1.807) is 0 Å². The van der Waals surface area contributed by atoms with Crippen molar-refractivity contribution >= 4 is 57.4 Å². The summed E-state index contributed by atoms with van der Waals surface area (Å²) in [6.07, 6.45) is 1.25. The number of hydrogen-bond donors (Lipinski definition) is 4. The van der Waals surface area contributed by atoms with Crippen LogP contribution >= 0.6 is 11.6 Å². The highest BCUT2D eigenvalue weighted by molar-refractivity contribution is 6.32. The van der Waals surface area contributed by atoms with Crippen LogP contribution in [0, 0.1) is 29.6 Å². The van der Waals surface area contributed by atoms with Gasteiger partial charge in [0.2, 0.25) is 11.8 Å². The van der Waals surface area contributed by atoms with Crippen LogP contribution in [-0.2, 0) is 19.1 Å². The Morgan fingerprint density at radius 3 is 2.08 bits per heavy atom. The standard InChI is InChI=1S/C46H53ClN8O6/c1-21(2)34(51-44(58)60-7)42(56)54-32(19-30-23(5)38(30)54)40-49-36(39(47)53-40)25-11-9-24(10-12-25)26-13-15-29-27(17-26)14-16-31-37(29)50-41(48-31)33-18-28-20-46(28,6)55(33)43(57)35(22(3)4)52-45(59)61-8/h9-17,21-23,28,30,32-35,38H,18-20H2,1-8H3,(H,48,50)(H,49,53)(H,51,58)(H,52,59)/t23-,28-,30+,32+,33+,34+,35+,38-,46+/m1/s1. The number of H-pyrrole nitrogens is 2. The Balaban J connectivity index is 0.947. The van der Waals surface area contributed by atoms with Crippen molar-refractivity contribution < 1.29 is 28.7 Å². The number of amides is 4. The zero-order valence-corrected chi connectivity index (χ0v) is 36.5. The molecule has 4 amide bonds. The van der Waals surface area contributed by atoms with Crippen molar-refractivity contribution in [3.63, 3.8) is 0 Å². The lowest BCUT2D eigenvalue weighted by molar-refractivity contribution is -0.139. The molecule has 0 bridgehead atoms. The summed E-state index contributed by atoms with van der Waals surface area (Å²) in [5.41, 5.74) is 4.98. The summed E-state index contributed by atoms with van der Waals surface area (Å²) < 4.78 is 9.67. The molecule has 2 saturated carbocycles. The minimum atomic E-state index is -0.729. The highest BCUT2D eigenvalue weighted by atomic mass is 35.5. The van der Waals surface area contributed by atoms with Crippen LogP contribution in [0.5, 0.6) is 0 Å². The number of aromatic nitrogens is 4. The van der Waals surface area contributed by atoms with Crippen LogP contribution < -0.4 is 10.6 Å². The van der Waals surface area contributed by atoms with Gasteiger partial charge >= 0.3 is 12.2 Å². The fraction of sp³-hybridized carbons (Fsp3) is 0.478. The van der Waals surface area contributed by atoms with Crippen LogP contribution in [0.3, 0.4) is 0 Å². The molecule has 9 rings (SSSR count). The molecule has 61 heavy (non-hydrogen) atoms. The number of rotatable bonds is 10. The normalized spacial score (nSPS) is 26.0. The summed E-state index contributed by atoms with van der Waals surface area (Å²) in [5, 5.41) is 7.95. The van der Waals surface area contributed by atoms with Crippen LogP contribution in [0.2, 0.25) is 5.15 Å². The fourth-order valence-corrected chi connectivity index (χ4v) is 10.6. The van der Waals surface area contributed by atoms with E-state index in [1.165, 1.54) is 14.2 Å². The summed E-state index contributed by atoms with van der Waals surface area (Å²) >= 11 is 6.82. The maximum atomic E-state index is 14.1. The van der Waals surface area contributed by atoms with Gasteiger partial charge in [0.05, 0.1) is 37.3 Å². The van der Waals surface area contributed by atoms with Gasteiger partial charge in [0, 0.05) is 22.5 Å². The minimum absolute atomic E-state index is 0.0844. The molecule has 4 fully saturated rings. The zero-order chi connectivity index (χ0) is 43.2. The number of halogens is 1. The quantitative estimate of drug-likeness (QED) is 0.109. The van der Waals surface area contributed by atoms with Crippen molar-refractivity contribution in [1.29, 1.82) is 0 Å². The van der Waals surface area contributed by atoms with Crippen LogP contribution in [0.4, 0.5) is 9.59 Å². The van der Waals surface area contributed by atoms with Crippen molar-refractivity contribution in [3.05, 3.63) is 71.4 Å². The number of carbonyl (C=O) groups is 4. The Morgan fingerprint density at radius 2 is 1.43 bits per heavy atom. The molecule has 0 spiro atoms. The van der Waals surface area contributed by atoms with Crippen LogP contribution in [0.25, 0.3) is 44.2 Å². The molecule has 2 saturated heterocycles. The topological polar surface area (TPSA) is 175 Å². The van der Waals surface area contributed by atoms with E-state index in [9.17, 15) is 19.2 Å². The predicted octanol–water partition coefficient (Wildman–Crippen LogP) is 8.15. The van der Waals surface area contributed by atoms with E-state index in [2.05, 4.69) is 70.8 Å². The van der Waals surface area contributed by atoms with Gasteiger partial charge in [-0.05, 0) is 84.4 Å². The average Bonchev–Trinajstić information content (AvgIpc) is 3.67. The van der Waals surface area contributed by atoms with Gasteiger partial charge in [0.15, 0.2) is 0 Å². The molecule has 4 N–H and O–H groups in total. The number of ether oxygens (including phenoxy) is 2. The molecule has 0 unspecified atom stereocenters. The van der Waals surface area contributed by atoms with Crippen LogP contribution in [0.1, 0.15) is 84.5 Å². The van der Waals surface area contributed by atoms with E-state index in [0.717, 1.165) is 63.6 Å². The highest BCUT2D eigenvalue weighted by Crippen LogP contribution is 2.62. The molecule has 4 aliphatic rings. The number of piperidine rings is 2. The molecule has 2 aliphatic heterocycles. The average molecular weight is 849 g/mol. The Bertz CT molecular complexity index is 2570. The van der Waals surface area contributed by atoms with Gasteiger partial charge in [-0.2, -0.15) is 0 Å². The number of aromatic amines is 2. The minimum Gasteiger partial charge on any atom is -0.453 e. The van der Waals surface area contributed by atoms with Gasteiger partial charge in [0.1, 0.15) is 34.6 Å². The van der Waals surface area contributed by atoms with Gasteiger partial charge in [0.25, 0.3) is 0 Å². The second-order valence-electron chi connectivity index (χ2n) is 18.3. The molecule has 15 heteroatoms. The third kappa shape index (κ3) is 6.87. The smallest absolute Gasteiger partial charge is 0.407 e. The fourth-order valence-electron chi connectivity index (χ4n) is 10.3. The first-order valence-electron chi connectivity index (χ1n) is 21.3. The Kier molecular flexibility index (Phi) is 10.1. The second-order valence-corrected chi connectivity index (χ2v) is 18.7. The predicted molar refractivity (Wildman–Crippen MR) is 231 cm³/mol. The van der Waals surface area contributed by atoms with E-state index in [4.69, 9.17) is 31.0 Å². The zero-order valence-electron chi connectivity index (χ0n) is 35.7.